The molecule has 0 aromatic heterocycles. The Morgan fingerprint density at radius 3 is 2.63 bits per heavy atom. The van der Waals surface area contributed by atoms with Gasteiger partial charge in [0.2, 0.25) is 0 Å². The van der Waals surface area contributed by atoms with E-state index in [0.717, 1.165) is 35.1 Å². The first-order chi connectivity index (χ1) is 13.9. The van der Waals surface area contributed by atoms with Crippen LogP contribution in [-0.4, -0.2) is 49.8 Å². The van der Waals surface area contributed by atoms with Crippen LogP contribution in [0.3, 0.4) is 0 Å². The molecule has 3 N–H and O–H groups in total. The summed E-state index contributed by atoms with van der Waals surface area (Å²) in [7, 11) is 1.63. The van der Waals surface area contributed by atoms with Crippen molar-refractivity contribution < 1.29 is 9.47 Å². The standard InChI is InChI=1S/C22H29ClN4O2.HI/c1-22(2)15-27(12-13-29-22)19(16-8-10-17(23)11-9-16)14-25-21(24)26-18-6-4-5-7-20(18)28-3;/h4-11,19H,12-15H2,1-3H3,(H3,24,25,26);1H. The minimum absolute atomic E-state index is 0. The molecule has 1 fully saturated rings. The first kappa shape index (κ1) is 24.7. The molecule has 0 saturated carbocycles. The van der Waals surface area contributed by atoms with Gasteiger partial charge in [0, 0.05) is 18.1 Å². The summed E-state index contributed by atoms with van der Waals surface area (Å²) in [6.45, 7) is 7.08. The number of benzene rings is 2. The van der Waals surface area contributed by atoms with Crippen molar-refractivity contribution in [3.63, 3.8) is 0 Å². The molecule has 0 radical (unpaired) electrons. The molecule has 1 saturated heterocycles. The predicted octanol–water partition coefficient (Wildman–Crippen LogP) is 4.55. The Morgan fingerprint density at radius 1 is 1.27 bits per heavy atom. The van der Waals surface area contributed by atoms with Gasteiger partial charge in [-0.25, -0.2) is 0 Å². The Morgan fingerprint density at radius 2 is 1.97 bits per heavy atom. The summed E-state index contributed by atoms with van der Waals surface area (Å²) in [6.07, 6.45) is 0. The minimum atomic E-state index is -0.201. The summed E-state index contributed by atoms with van der Waals surface area (Å²) in [4.78, 5) is 7.02. The zero-order chi connectivity index (χ0) is 20.9. The maximum absolute atomic E-state index is 6.18. The summed E-state index contributed by atoms with van der Waals surface area (Å²) in [5.74, 6) is 1.07. The maximum atomic E-state index is 6.18. The molecule has 8 heteroatoms. The molecule has 2 aromatic carbocycles. The van der Waals surface area contributed by atoms with E-state index in [-0.39, 0.29) is 35.6 Å². The first-order valence-corrected chi connectivity index (χ1v) is 10.1. The van der Waals surface area contributed by atoms with Crippen molar-refractivity contribution in [2.45, 2.75) is 25.5 Å². The highest BCUT2D eigenvalue weighted by atomic mass is 127. The Hall–Kier alpha value is -1.55. The van der Waals surface area contributed by atoms with E-state index in [1.807, 2.05) is 36.4 Å². The lowest BCUT2D eigenvalue weighted by molar-refractivity contribution is -0.0966. The normalized spacial score (nSPS) is 17.7. The van der Waals surface area contributed by atoms with Crippen LogP contribution in [0.5, 0.6) is 5.75 Å². The molecule has 0 bridgehead atoms. The Kier molecular flexibility index (Phi) is 9.21. The fourth-order valence-electron chi connectivity index (χ4n) is 3.55. The van der Waals surface area contributed by atoms with Gasteiger partial charge in [0.1, 0.15) is 5.75 Å². The lowest BCUT2D eigenvalue weighted by atomic mass is 10.0. The average Bonchev–Trinajstić information content (AvgIpc) is 2.69. The number of ether oxygens (including phenoxy) is 2. The monoisotopic (exact) mass is 544 g/mol. The number of hydrogen-bond donors (Lipinski definition) is 2. The van der Waals surface area contributed by atoms with Crippen molar-refractivity contribution in [2.75, 3.05) is 38.7 Å². The second-order valence-electron chi connectivity index (χ2n) is 7.70. The summed E-state index contributed by atoms with van der Waals surface area (Å²) < 4.78 is 11.2. The quantitative estimate of drug-likeness (QED) is 0.317. The highest BCUT2D eigenvalue weighted by Gasteiger charge is 2.32. The Balaban J connectivity index is 0.00000320. The summed E-state index contributed by atoms with van der Waals surface area (Å²) in [6, 6.07) is 15.6. The first-order valence-electron chi connectivity index (χ1n) is 9.71. The Bertz CT molecular complexity index is 845. The molecular weight excluding hydrogens is 515 g/mol. The van der Waals surface area contributed by atoms with Crippen LogP contribution < -0.4 is 15.8 Å². The smallest absolute Gasteiger partial charge is 0.193 e. The van der Waals surface area contributed by atoms with Crippen molar-refractivity contribution >= 4 is 47.2 Å². The van der Waals surface area contributed by atoms with Crippen LogP contribution >= 0.6 is 35.6 Å². The van der Waals surface area contributed by atoms with Gasteiger partial charge in [0.15, 0.2) is 5.96 Å². The van der Waals surface area contributed by atoms with Gasteiger partial charge in [-0.15, -0.1) is 24.0 Å². The largest absolute Gasteiger partial charge is 0.495 e. The van der Waals surface area contributed by atoms with E-state index in [0.29, 0.717) is 19.1 Å². The molecule has 1 aliphatic heterocycles. The number of anilines is 1. The van der Waals surface area contributed by atoms with Gasteiger partial charge < -0.3 is 20.5 Å². The van der Waals surface area contributed by atoms with Gasteiger partial charge in [0.25, 0.3) is 0 Å². The molecule has 0 spiro atoms. The van der Waals surface area contributed by atoms with Crippen molar-refractivity contribution in [3.05, 3.63) is 59.1 Å². The zero-order valence-electron chi connectivity index (χ0n) is 17.6. The van der Waals surface area contributed by atoms with Crippen molar-refractivity contribution in [1.29, 1.82) is 0 Å². The average molecular weight is 545 g/mol. The molecule has 164 valence electrons. The number of morpholine rings is 1. The predicted molar refractivity (Wildman–Crippen MR) is 134 cm³/mol. The van der Waals surface area contributed by atoms with Gasteiger partial charge in [0.05, 0.1) is 37.6 Å². The van der Waals surface area contributed by atoms with Crippen LogP contribution in [0.2, 0.25) is 5.02 Å². The number of hydrogen-bond acceptors (Lipinski definition) is 4. The number of nitrogens with one attached hydrogen (secondary N) is 1. The van der Waals surface area contributed by atoms with Gasteiger partial charge in [-0.2, -0.15) is 0 Å². The highest BCUT2D eigenvalue weighted by Crippen LogP contribution is 2.28. The van der Waals surface area contributed by atoms with Crippen LogP contribution in [0.15, 0.2) is 53.5 Å². The molecule has 1 atom stereocenters. The second-order valence-corrected chi connectivity index (χ2v) is 8.13. The fourth-order valence-corrected chi connectivity index (χ4v) is 3.67. The molecule has 0 amide bonds. The van der Waals surface area contributed by atoms with E-state index >= 15 is 0 Å². The van der Waals surface area contributed by atoms with Gasteiger partial charge >= 0.3 is 0 Å². The molecular formula is C22H30ClIN4O2. The lowest BCUT2D eigenvalue weighted by Gasteiger charge is -2.42. The van der Waals surface area contributed by atoms with Gasteiger partial charge in [-0.3, -0.25) is 9.89 Å². The van der Waals surface area contributed by atoms with Crippen molar-refractivity contribution in [1.82, 2.24) is 4.90 Å². The lowest BCUT2D eigenvalue weighted by Crippen LogP contribution is -2.50. The third-order valence-corrected chi connectivity index (χ3v) is 5.21. The molecule has 2 aromatic rings. The van der Waals surface area contributed by atoms with Gasteiger partial charge in [-0.05, 0) is 43.7 Å². The van der Waals surface area contributed by atoms with E-state index in [1.165, 1.54) is 0 Å². The number of para-hydroxylation sites is 2. The molecule has 1 aliphatic rings. The Labute approximate surface area is 200 Å². The number of aliphatic imine (C=N–C) groups is 1. The number of nitrogens with two attached hydrogens (primary N) is 1. The SMILES string of the molecule is COc1ccccc1NC(N)=NCC(c1ccc(Cl)cc1)N1CCOC(C)(C)C1.I. The number of halogens is 2. The second kappa shape index (κ2) is 11.2. The van der Waals surface area contributed by atoms with Crippen LogP contribution in [0.4, 0.5) is 5.69 Å². The number of methoxy groups -OCH3 is 1. The fraction of sp³-hybridized carbons (Fsp3) is 0.409. The van der Waals surface area contributed by atoms with E-state index in [9.17, 15) is 0 Å². The molecule has 1 unspecified atom stereocenters. The maximum Gasteiger partial charge on any atom is 0.193 e. The highest BCUT2D eigenvalue weighted by molar-refractivity contribution is 14.0. The van der Waals surface area contributed by atoms with E-state index < -0.39 is 0 Å². The van der Waals surface area contributed by atoms with Crippen LogP contribution in [0, 0.1) is 0 Å². The molecule has 0 aliphatic carbocycles. The number of guanidine groups is 1. The topological polar surface area (TPSA) is 72.1 Å². The van der Waals surface area contributed by atoms with Crippen LogP contribution in [0.1, 0.15) is 25.5 Å². The molecule has 30 heavy (non-hydrogen) atoms. The van der Waals surface area contributed by atoms with E-state index in [2.05, 4.69) is 41.2 Å². The van der Waals surface area contributed by atoms with Crippen LogP contribution in [-0.2, 0) is 4.74 Å². The summed E-state index contributed by atoms with van der Waals surface area (Å²) in [5.41, 5.74) is 7.92. The number of nitrogens with zero attached hydrogens (tertiary/aromatic N) is 2. The summed E-state index contributed by atoms with van der Waals surface area (Å²) in [5, 5.41) is 3.85. The van der Waals surface area contributed by atoms with E-state index in [1.54, 1.807) is 7.11 Å². The van der Waals surface area contributed by atoms with E-state index in [4.69, 9.17) is 26.8 Å². The third-order valence-electron chi connectivity index (χ3n) is 4.96. The van der Waals surface area contributed by atoms with Gasteiger partial charge in [-0.1, -0.05) is 35.9 Å². The zero-order valence-corrected chi connectivity index (χ0v) is 20.7. The third kappa shape index (κ3) is 6.73. The summed E-state index contributed by atoms with van der Waals surface area (Å²) >= 11 is 6.09. The molecule has 6 nitrogen and oxygen atoms in total. The van der Waals surface area contributed by atoms with Crippen molar-refractivity contribution in [2.24, 2.45) is 10.7 Å². The molecule has 1 heterocycles. The minimum Gasteiger partial charge on any atom is -0.495 e. The number of rotatable bonds is 6. The van der Waals surface area contributed by atoms with Crippen LogP contribution in [0.25, 0.3) is 0 Å². The van der Waals surface area contributed by atoms with Crippen molar-refractivity contribution in [3.8, 4) is 5.75 Å². The molecule has 3 rings (SSSR count).